The Kier molecular flexibility index (Phi) is 4.62. The van der Waals surface area contributed by atoms with Gasteiger partial charge < -0.3 is 4.90 Å². The largest absolute Gasteiger partial charge is 0.308 e. The van der Waals surface area contributed by atoms with E-state index in [1.54, 1.807) is 29.2 Å². The predicted octanol–water partition coefficient (Wildman–Crippen LogP) is 4.86. The Balaban J connectivity index is 1.73. The van der Waals surface area contributed by atoms with Gasteiger partial charge in [-0.15, -0.1) is 0 Å². The minimum absolute atomic E-state index is 0.106. The van der Waals surface area contributed by atoms with Crippen LogP contribution in [-0.4, -0.2) is 17.0 Å². The number of amides is 1. The van der Waals surface area contributed by atoms with Gasteiger partial charge in [0.2, 0.25) is 0 Å². The van der Waals surface area contributed by atoms with Crippen LogP contribution in [0.4, 0.5) is 14.5 Å². The SMILES string of the molecule is O=C(c1cn(-c2ccc(F)cc2F)c(=O)c2ccccc12)N1CCCc2ccccc21. The van der Waals surface area contributed by atoms with Crippen LogP contribution < -0.4 is 10.5 Å². The van der Waals surface area contributed by atoms with Crippen molar-refractivity contribution in [1.29, 1.82) is 0 Å². The highest BCUT2D eigenvalue weighted by Gasteiger charge is 2.26. The van der Waals surface area contributed by atoms with Crippen LogP contribution in [0.3, 0.4) is 0 Å². The zero-order valence-electron chi connectivity index (χ0n) is 16.5. The number of carbonyl (C=O) groups excluding carboxylic acids is 1. The lowest BCUT2D eigenvalue weighted by molar-refractivity contribution is 0.0986. The van der Waals surface area contributed by atoms with Crippen molar-refractivity contribution in [2.45, 2.75) is 12.8 Å². The lowest BCUT2D eigenvalue weighted by atomic mass is 9.99. The number of carbonyl (C=O) groups is 1. The second-order valence-electron chi connectivity index (χ2n) is 7.55. The number of halogens is 2. The van der Waals surface area contributed by atoms with Gasteiger partial charge in [-0.3, -0.25) is 14.2 Å². The molecule has 2 heterocycles. The van der Waals surface area contributed by atoms with Gasteiger partial charge >= 0.3 is 0 Å². The van der Waals surface area contributed by atoms with Crippen molar-refractivity contribution in [1.82, 2.24) is 4.57 Å². The van der Waals surface area contributed by atoms with Crippen LogP contribution in [0.5, 0.6) is 0 Å². The minimum atomic E-state index is -0.876. The standard InChI is InChI=1S/C25H18F2N2O2/c26-17-11-12-23(21(27)14-17)29-15-20(18-8-2-3-9-19(18)24(29)30)25(31)28-13-5-7-16-6-1-4-10-22(16)28/h1-4,6,8-12,14-15H,5,7,13H2. The number of pyridine rings is 1. The topological polar surface area (TPSA) is 42.3 Å². The molecule has 4 nitrogen and oxygen atoms in total. The molecule has 6 heteroatoms. The van der Waals surface area contributed by atoms with Crippen LogP contribution in [-0.2, 0) is 6.42 Å². The molecule has 0 bridgehead atoms. The first kappa shape index (κ1) is 19.2. The van der Waals surface area contributed by atoms with Gasteiger partial charge in [-0.1, -0.05) is 36.4 Å². The summed E-state index contributed by atoms with van der Waals surface area (Å²) in [6.07, 6.45) is 3.08. The molecule has 1 aromatic heterocycles. The first-order valence-corrected chi connectivity index (χ1v) is 10.0. The van der Waals surface area contributed by atoms with Gasteiger partial charge in [0.15, 0.2) is 0 Å². The van der Waals surface area contributed by atoms with E-state index < -0.39 is 17.2 Å². The third-order valence-electron chi connectivity index (χ3n) is 5.68. The lowest BCUT2D eigenvalue weighted by Crippen LogP contribution is -2.36. The van der Waals surface area contributed by atoms with Crippen molar-refractivity contribution in [3.63, 3.8) is 0 Å². The summed E-state index contributed by atoms with van der Waals surface area (Å²) in [7, 11) is 0. The average molecular weight is 416 g/mol. The molecule has 3 aromatic carbocycles. The van der Waals surface area contributed by atoms with E-state index in [0.29, 0.717) is 17.3 Å². The van der Waals surface area contributed by atoms with Crippen LogP contribution in [0.15, 0.2) is 77.7 Å². The van der Waals surface area contributed by atoms with Gasteiger partial charge in [-0.2, -0.15) is 0 Å². The minimum Gasteiger partial charge on any atom is -0.308 e. The highest BCUT2D eigenvalue weighted by Crippen LogP contribution is 2.30. The summed E-state index contributed by atoms with van der Waals surface area (Å²) in [5, 5.41) is 0.793. The molecular weight excluding hydrogens is 398 g/mol. The second-order valence-corrected chi connectivity index (χ2v) is 7.55. The summed E-state index contributed by atoms with van der Waals surface area (Å²) in [6.45, 7) is 0.550. The molecule has 0 spiro atoms. The Hall–Kier alpha value is -3.80. The molecule has 1 amide bonds. The smallest absolute Gasteiger partial charge is 0.263 e. The van der Waals surface area contributed by atoms with Crippen molar-refractivity contribution in [3.05, 3.63) is 106 Å². The van der Waals surface area contributed by atoms with Crippen molar-refractivity contribution < 1.29 is 13.6 Å². The number of rotatable bonds is 2. The van der Waals surface area contributed by atoms with Gasteiger partial charge in [0, 0.05) is 35.3 Å². The first-order valence-electron chi connectivity index (χ1n) is 10.0. The molecule has 0 saturated heterocycles. The fourth-order valence-corrected chi connectivity index (χ4v) is 4.21. The van der Waals surface area contributed by atoms with Crippen LogP contribution in [0.1, 0.15) is 22.3 Å². The van der Waals surface area contributed by atoms with Crippen LogP contribution in [0.25, 0.3) is 16.5 Å². The summed E-state index contributed by atoms with van der Waals surface area (Å²) in [5.74, 6) is -1.88. The number of nitrogens with zero attached hydrogens (tertiary/aromatic N) is 2. The third-order valence-corrected chi connectivity index (χ3v) is 5.68. The quantitative estimate of drug-likeness (QED) is 0.468. The third kappa shape index (κ3) is 3.20. The second kappa shape index (κ2) is 7.47. The molecule has 0 radical (unpaired) electrons. The highest BCUT2D eigenvalue weighted by atomic mass is 19.1. The molecule has 5 rings (SSSR count). The number of para-hydroxylation sites is 1. The Morgan fingerprint density at radius 3 is 2.42 bits per heavy atom. The number of benzene rings is 3. The van der Waals surface area contributed by atoms with Crippen LogP contribution in [0.2, 0.25) is 0 Å². The molecule has 0 N–H and O–H groups in total. The zero-order chi connectivity index (χ0) is 21.5. The molecular formula is C25H18F2N2O2. The number of aromatic nitrogens is 1. The summed E-state index contributed by atoms with van der Waals surface area (Å²) in [6, 6.07) is 17.5. The maximum Gasteiger partial charge on any atom is 0.263 e. The highest BCUT2D eigenvalue weighted by molar-refractivity contribution is 6.14. The number of hydrogen-bond donors (Lipinski definition) is 0. The maximum absolute atomic E-state index is 14.5. The average Bonchev–Trinajstić information content (AvgIpc) is 2.79. The summed E-state index contributed by atoms with van der Waals surface area (Å²) >= 11 is 0. The molecule has 1 aliphatic rings. The first-order chi connectivity index (χ1) is 15.0. The van der Waals surface area contributed by atoms with Crippen molar-refractivity contribution in [3.8, 4) is 5.69 Å². The number of aryl methyl sites for hydroxylation is 1. The van der Waals surface area contributed by atoms with Gasteiger partial charge in [-0.25, -0.2) is 8.78 Å². The molecule has 4 aromatic rings. The van der Waals surface area contributed by atoms with Gasteiger partial charge in [0.05, 0.1) is 11.3 Å². The van der Waals surface area contributed by atoms with Crippen LogP contribution in [0, 0.1) is 11.6 Å². The van der Waals surface area contributed by atoms with E-state index in [1.165, 1.54) is 12.3 Å². The normalized spacial score (nSPS) is 13.3. The van der Waals surface area contributed by atoms with E-state index in [4.69, 9.17) is 0 Å². The number of anilines is 1. The van der Waals surface area contributed by atoms with E-state index in [2.05, 4.69) is 0 Å². The molecule has 0 atom stereocenters. The van der Waals surface area contributed by atoms with Crippen LogP contribution >= 0.6 is 0 Å². The fraction of sp³-hybridized carbons (Fsp3) is 0.120. The Morgan fingerprint density at radius 1 is 0.871 bits per heavy atom. The Labute approximate surface area is 177 Å². The molecule has 154 valence electrons. The Bertz CT molecular complexity index is 1390. The molecule has 1 aliphatic heterocycles. The number of fused-ring (bicyclic) bond motifs is 2. The van der Waals surface area contributed by atoms with Crippen molar-refractivity contribution in [2.75, 3.05) is 11.4 Å². The van der Waals surface area contributed by atoms with Gasteiger partial charge in [0.1, 0.15) is 11.6 Å². The molecule has 31 heavy (non-hydrogen) atoms. The zero-order valence-corrected chi connectivity index (χ0v) is 16.5. The van der Waals surface area contributed by atoms with Crippen molar-refractivity contribution >= 4 is 22.4 Å². The van der Waals surface area contributed by atoms with E-state index in [1.807, 2.05) is 24.3 Å². The monoisotopic (exact) mass is 416 g/mol. The maximum atomic E-state index is 14.5. The Morgan fingerprint density at radius 2 is 1.61 bits per heavy atom. The molecule has 0 fully saturated rings. The summed E-state index contributed by atoms with van der Waals surface area (Å²) in [5.41, 5.74) is 1.63. The molecule has 0 saturated carbocycles. The van der Waals surface area contributed by atoms with Gasteiger partial charge in [-0.05, 0) is 42.7 Å². The lowest BCUT2D eigenvalue weighted by Gasteiger charge is -2.30. The summed E-state index contributed by atoms with van der Waals surface area (Å²) < 4.78 is 29.0. The van der Waals surface area contributed by atoms with Gasteiger partial charge in [0.25, 0.3) is 11.5 Å². The van der Waals surface area contributed by atoms with E-state index in [0.717, 1.165) is 40.8 Å². The predicted molar refractivity (Wildman–Crippen MR) is 116 cm³/mol. The van der Waals surface area contributed by atoms with E-state index in [-0.39, 0.29) is 17.2 Å². The molecule has 0 unspecified atom stereocenters. The number of hydrogen-bond acceptors (Lipinski definition) is 2. The van der Waals surface area contributed by atoms with Crippen molar-refractivity contribution in [2.24, 2.45) is 0 Å². The summed E-state index contributed by atoms with van der Waals surface area (Å²) in [4.78, 5) is 28.5. The fourth-order valence-electron chi connectivity index (χ4n) is 4.21. The van der Waals surface area contributed by atoms with E-state index >= 15 is 0 Å². The van der Waals surface area contributed by atoms with E-state index in [9.17, 15) is 18.4 Å². The molecule has 0 aliphatic carbocycles.